The Balaban J connectivity index is 1.60. The van der Waals surface area contributed by atoms with E-state index in [1.54, 1.807) is 0 Å². The van der Waals surface area contributed by atoms with Crippen LogP contribution >= 0.6 is 0 Å². The quantitative estimate of drug-likeness (QED) is 0.666. The number of imidazole rings is 1. The molecule has 2 N–H and O–H groups in total. The zero-order valence-electron chi connectivity index (χ0n) is 17.5. The molecule has 4 heteroatoms. The summed E-state index contributed by atoms with van der Waals surface area (Å²) in [5.74, 6) is 0. The van der Waals surface area contributed by atoms with Gasteiger partial charge in [-0.2, -0.15) is 0 Å². The molecule has 2 aromatic heterocycles. The molecule has 4 nitrogen and oxygen atoms in total. The highest BCUT2D eigenvalue weighted by molar-refractivity contribution is 5.68. The molecule has 0 radical (unpaired) electrons. The van der Waals surface area contributed by atoms with Crippen LogP contribution in [0.2, 0.25) is 0 Å². The second-order valence-electron chi connectivity index (χ2n) is 8.82. The Morgan fingerprint density at radius 2 is 1.90 bits per heavy atom. The minimum Gasteiger partial charge on any atom is -0.398 e. The maximum Gasteiger partial charge on any atom is 0.137 e. The number of aromatic nitrogens is 2. The van der Waals surface area contributed by atoms with Crippen molar-refractivity contribution in [1.82, 2.24) is 14.3 Å². The highest BCUT2D eigenvalue weighted by Crippen LogP contribution is 2.32. The van der Waals surface area contributed by atoms with Gasteiger partial charge < -0.3 is 10.1 Å². The molecule has 1 unspecified atom stereocenters. The number of nitrogens with zero attached hydrogens (tertiary/aromatic N) is 3. The van der Waals surface area contributed by atoms with E-state index in [4.69, 9.17) is 10.7 Å². The number of hydrogen-bond acceptors (Lipinski definition) is 3. The van der Waals surface area contributed by atoms with Gasteiger partial charge in [0, 0.05) is 30.0 Å². The van der Waals surface area contributed by atoms with Crippen LogP contribution in [0.4, 0.5) is 5.69 Å². The lowest BCUT2D eigenvalue weighted by molar-refractivity contribution is 0.134. The zero-order valence-corrected chi connectivity index (χ0v) is 17.5. The highest BCUT2D eigenvalue weighted by Gasteiger charge is 2.24. The van der Waals surface area contributed by atoms with Gasteiger partial charge >= 0.3 is 0 Å². The second-order valence-corrected chi connectivity index (χ2v) is 8.82. The molecule has 1 aliphatic heterocycles. The lowest BCUT2D eigenvalue weighted by Gasteiger charge is -2.35. The Kier molecular flexibility index (Phi) is 5.04. The van der Waals surface area contributed by atoms with Crippen LogP contribution in [-0.2, 0) is 19.4 Å². The summed E-state index contributed by atoms with van der Waals surface area (Å²) in [5, 5.41) is 0. The van der Waals surface area contributed by atoms with Crippen molar-refractivity contribution < 1.29 is 0 Å². The van der Waals surface area contributed by atoms with Crippen molar-refractivity contribution in [2.75, 3.05) is 12.3 Å². The van der Waals surface area contributed by atoms with E-state index in [1.807, 2.05) is 18.3 Å². The number of piperidine rings is 1. The molecular formula is C25H32N4. The molecule has 2 aliphatic rings. The second kappa shape index (κ2) is 7.83. The van der Waals surface area contributed by atoms with Crippen molar-refractivity contribution in [3.8, 4) is 11.3 Å². The molecule has 1 fully saturated rings. The Bertz CT molecular complexity index is 1020. The molecule has 0 saturated carbocycles. The van der Waals surface area contributed by atoms with Crippen LogP contribution < -0.4 is 5.73 Å². The van der Waals surface area contributed by atoms with Crippen LogP contribution in [0.3, 0.4) is 0 Å². The maximum atomic E-state index is 6.16. The van der Waals surface area contributed by atoms with Gasteiger partial charge in [-0.15, -0.1) is 0 Å². The number of fused-ring (bicyclic) bond motifs is 2. The first-order valence-electron chi connectivity index (χ1n) is 11.4. The van der Waals surface area contributed by atoms with Gasteiger partial charge in [-0.25, -0.2) is 4.98 Å². The number of rotatable bonds is 4. The first-order valence-corrected chi connectivity index (χ1v) is 11.4. The largest absolute Gasteiger partial charge is 0.398 e. The van der Waals surface area contributed by atoms with Gasteiger partial charge in [0.2, 0.25) is 0 Å². The molecule has 1 atom stereocenters. The third-order valence-electron chi connectivity index (χ3n) is 6.94. The van der Waals surface area contributed by atoms with E-state index in [0.717, 1.165) is 23.6 Å². The van der Waals surface area contributed by atoms with Gasteiger partial charge in [0.25, 0.3) is 0 Å². The average molecular weight is 389 g/mol. The minimum absolute atomic E-state index is 0.673. The SMILES string of the molecule is CCC1CCCCN1Cc1c(-c2ccc3c(c2)CCCC3)nc2ccc(N)cn12. The molecule has 3 aromatic rings. The molecule has 5 rings (SSSR count). The van der Waals surface area contributed by atoms with Crippen molar-refractivity contribution >= 4 is 11.3 Å². The van der Waals surface area contributed by atoms with Crippen molar-refractivity contribution in [1.29, 1.82) is 0 Å². The van der Waals surface area contributed by atoms with E-state index in [9.17, 15) is 0 Å². The van der Waals surface area contributed by atoms with Gasteiger partial charge in [-0.05, 0) is 80.8 Å². The van der Waals surface area contributed by atoms with Gasteiger partial charge in [0.15, 0.2) is 0 Å². The average Bonchev–Trinajstić information content (AvgIpc) is 3.11. The molecule has 29 heavy (non-hydrogen) atoms. The van der Waals surface area contributed by atoms with Crippen LogP contribution in [0.15, 0.2) is 36.5 Å². The summed E-state index contributed by atoms with van der Waals surface area (Å²) in [6.45, 7) is 4.44. The molecule has 0 bridgehead atoms. The summed E-state index contributed by atoms with van der Waals surface area (Å²) >= 11 is 0. The molecule has 0 amide bonds. The van der Waals surface area contributed by atoms with Gasteiger partial charge in [0.1, 0.15) is 5.65 Å². The summed E-state index contributed by atoms with van der Waals surface area (Å²) < 4.78 is 2.23. The lowest BCUT2D eigenvalue weighted by atomic mass is 9.89. The summed E-state index contributed by atoms with van der Waals surface area (Å²) in [6, 6.07) is 11.7. The summed E-state index contributed by atoms with van der Waals surface area (Å²) in [6.07, 6.45) is 12.3. The van der Waals surface area contributed by atoms with Gasteiger partial charge in [-0.3, -0.25) is 4.90 Å². The first kappa shape index (κ1) is 18.7. The number of nitrogens with two attached hydrogens (primary N) is 1. The van der Waals surface area contributed by atoms with Gasteiger partial charge in [-0.1, -0.05) is 25.5 Å². The van der Waals surface area contributed by atoms with E-state index in [-0.39, 0.29) is 0 Å². The number of hydrogen-bond donors (Lipinski definition) is 1. The predicted molar refractivity (Wildman–Crippen MR) is 120 cm³/mol. The van der Waals surface area contributed by atoms with E-state index >= 15 is 0 Å². The van der Waals surface area contributed by atoms with Crippen LogP contribution in [-0.4, -0.2) is 26.9 Å². The Morgan fingerprint density at radius 3 is 2.76 bits per heavy atom. The van der Waals surface area contributed by atoms with Crippen LogP contribution in [0.25, 0.3) is 16.9 Å². The Morgan fingerprint density at radius 1 is 1.03 bits per heavy atom. The predicted octanol–water partition coefficient (Wildman–Crippen LogP) is 5.23. The van der Waals surface area contributed by atoms with E-state index < -0.39 is 0 Å². The molecule has 1 aromatic carbocycles. The van der Waals surface area contributed by atoms with E-state index in [2.05, 4.69) is 34.4 Å². The molecule has 1 aliphatic carbocycles. The first-order chi connectivity index (χ1) is 14.2. The Hall–Kier alpha value is -2.33. The highest BCUT2D eigenvalue weighted by atomic mass is 15.2. The fraction of sp³-hybridized carbons (Fsp3) is 0.480. The van der Waals surface area contributed by atoms with Crippen molar-refractivity contribution in [2.24, 2.45) is 0 Å². The number of nitrogen functional groups attached to an aromatic ring is 1. The zero-order chi connectivity index (χ0) is 19.8. The van der Waals surface area contributed by atoms with Crippen LogP contribution in [0, 0.1) is 0 Å². The summed E-state index contributed by atoms with van der Waals surface area (Å²) in [4.78, 5) is 7.73. The number of pyridine rings is 1. The standard InChI is InChI=1S/C25H32N4/c1-2-22-9-5-6-14-28(22)17-23-25(27-24-13-12-21(26)16-29(23)24)20-11-10-18-7-3-4-8-19(18)15-20/h10-13,15-16,22H,2-9,14,17,26H2,1H3. The summed E-state index contributed by atoms with van der Waals surface area (Å²) in [7, 11) is 0. The smallest absolute Gasteiger partial charge is 0.137 e. The Labute approximate surface area is 173 Å². The number of aryl methyl sites for hydroxylation is 2. The fourth-order valence-electron chi connectivity index (χ4n) is 5.30. The third-order valence-corrected chi connectivity index (χ3v) is 6.94. The molecule has 152 valence electrons. The number of benzene rings is 1. The maximum absolute atomic E-state index is 6.16. The van der Waals surface area contributed by atoms with Crippen molar-refractivity contribution in [3.05, 3.63) is 53.3 Å². The van der Waals surface area contributed by atoms with Crippen molar-refractivity contribution in [2.45, 2.75) is 70.9 Å². The molecule has 1 saturated heterocycles. The molecule has 0 spiro atoms. The summed E-state index contributed by atoms with van der Waals surface area (Å²) in [5.41, 5.74) is 14.6. The monoisotopic (exact) mass is 388 g/mol. The fourth-order valence-corrected chi connectivity index (χ4v) is 5.30. The normalized spacial score (nSPS) is 20.1. The van der Waals surface area contributed by atoms with E-state index in [0.29, 0.717) is 6.04 Å². The molecular weight excluding hydrogens is 356 g/mol. The number of anilines is 1. The minimum atomic E-state index is 0.673. The van der Waals surface area contributed by atoms with Crippen molar-refractivity contribution in [3.63, 3.8) is 0 Å². The molecule has 3 heterocycles. The van der Waals surface area contributed by atoms with Gasteiger partial charge in [0.05, 0.1) is 11.4 Å². The topological polar surface area (TPSA) is 46.6 Å². The third kappa shape index (κ3) is 3.55. The lowest BCUT2D eigenvalue weighted by Crippen LogP contribution is -2.38. The van der Waals surface area contributed by atoms with E-state index in [1.165, 1.54) is 80.3 Å². The van der Waals surface area contributed by atoms with Crippen LogP contribution in [0.1, 0.15) is 62.3 Å². The number of likely N-dealkylation sites (tertiary alicyclic amines) is 1. The van der Waals surface area contributed by atoms with Crippen LogP contribution in [0.5, 0.6) is 0 Å².